The normalized spacial score (nSPS) is 17.3. The van der Waals surface area contributed by atoms with Crippen LogP contribution < -0.4 is 10.6 Å². The van der Waals surface area contributed by atoms with Crippen LogP contribution >= 0.6 is 11.6 Å². The Bertz CT molecular complexity index is 756. The molecule has 2 saturated carbocycles. The first-order chi connectivity index (χ1) is 11.2. The smallest absolute Gasteiger partial charge is 0.221 e. The highest BCUT2D eigenvalue weighted by Crippen LogP contribution is 2.39. The molecular weight excluding hydrogens is 312 g/mol. The summed E-state index contributed by atoms with van der Waals surface area (Å²) in [7, 11) is 0. The molecule has 4 rings (SSSR count). The van der Waals surface area contributed by atoms with Gasteiger partial charge in [0.25, 0.3) is 0 Å². The van der Waals surface area contributed by atoms with E-state index in [0.29, 0.717) is 29.9 Å². The Morgan fingerprint density at radius 2 is 2.04 bits per heavy atom. The maximum Gasteiger partial charge on any atom is 0.221 e. The molecule has 2 aliphatic carbocycles. The fourth-order valence-corrected chi connectivity index (χ4v) is 2.77. The Balaban J connectivity index is 1.51. The maximum absolute atomic E-state index is 11.8. The summed E-state index contributed by atoms with van der Waals surface area (Å²) in [6.45, 7) is 0.567. The van der Waals surface area contributed by atoms with Gasteiger partial charge in [-0.15, -0.1) is 0 Å². The summed E-state index contributed by atoms with van der Waals surface area (Å²) in [5.41, 5.74) is 0.860. The molecule has 2 aromatic rings. The molecule has 2 fully saturated rings. The van der Waals surface area contributed by atoms with Crippen molar-refractivity contribution < 1.29 is 4.79 Å². The molecule has 0 saturated heterocycles. The Kier molecular flexibility index (Phi) is 3.81. The fraction of sp³-hybridized carbons (Fsp3) is 0.471. The number of nitrogens with zero attached hydrogens (tertiary/aromatic N) is 2. The molecule has 23 heavy (non-hydrogen) atoms. The van der Waals surface area contributed by atoms with Gasteiger partial charge in [-0.3, -0.25) is 4.79 Å². The summed E-state index contributed by atoms with van der Waals surface area (Å²) in [5.74, 6) is 2.25. The van der Waals surface area contributed by atoms with E-state index in [1.165, 1.54) is 0 Å². The van der Waals surface area contributed by atoms with Gasteiger partial charge in [0.15, 0.2) is 0 Å². The number of aromatic nitrogens is 2. The van der Waals surface area contributed by atoms with Crippen LogP contribution in [-0.2, 0) is 4.79 Å². The number of hydrogen-bond donors (Lipinski definition) is 2. The van der Waals surface area contributed by atoms with Gasteiger partial charge in [0, 0.05) is 35.3 Å². The summed E-state index contributed by atoms with van der Waals surface area (Å²) >= 11 is 6.09. The number of carbonyl (C=O) groups excluding carboxylic acids is 1. The van der Waals surface area contributed by atoms with Gasteiger partial charge in [0.1, 0.15) is 11.6 Å². The maximum atomic E-state index is 11.8. The van der Waals surface area contributed by atoms with Crippen LogP contribution in [0.15, 0.2) is 18.2 Å². The number of carbonyl (C=O) groups is 1. The van der Waals surface area contributed by atoms with Gasteiger partial charge in [0.2, 0.25) is 5.91 Å². The highest BCUT2D eigenvalue weighted by Gasteiger charge is 2.27. The quantitative estimate of drug-likeness (QED) is 0.853. The molecule has 2 N–H and O–H groups in total. The third-order valence-electron chi connectivity index (χ3n) is 4.21. The van der Waals surface area contributed by atoms with Crippen LogP contribution in [0.1, 0.15) is 43.8 Å². The second-order valence-corrected chi connectivity index (χ2v) is 6.82. The molecule has 0 radical (unpaired) electrons. The van der Waals surface area contributed by atoms with E-state index in [1.54, 1.807) is 0 Å². The third-order valence-corrected chi connectivity index (χ3v) is 4.44. The zero-order chi connectivity index (χ0) is 15.8. The Morgan fingerprint density at radius 1 is 1.22 bits per heavy atom. The molecule has 0 aliphatic heterocycles. The first-order valence-electron chi connectivity index (χ1n) is 8.19. The molecule has 0 spiro atoms. The minimum absolute atomic E-state index is 0.101. The van der Waals surface area contributed by atoms with Crippen LogP contribution in [0.3, 0.4) is 0 Å². The summed E-state index contributed by atoms with van der Waals surface area (Å²) in [6.07, 6.45) is 4.97. The first kappa shape index (κ1) is 14.7. The Hall–Kier alpha value is -1.88. The number of rotatable bonds is 6. The zero-order valence-corrected chi connectivity index (χ0v) is 13.6. The van der Waals surface area contributed by atoms with Gasteiger partial charge in [-0.25, -0.2) is 9.97 Å². The lowest BCUT2D eigenvalue weighted by Gasteiger charge is -2.11. The van der Waals surface area contributed by atoms with Gasteiger partial charge in [-0.1, -0.05) is 11.6 Å². The lowest BCUT2D eigenvalue weighted by molar-refractivity contribution is -0.120. The average molecular weight is 331 g/mol. The van der Waals surface area contributed by atoms with Gasteiger partial charge < -0.3 is 10.6 Å². The standard InChI is InChI=1S/C17H19ClN4O/c18-11-3-6-13-14(9-11)21-16(10-1-2-10)22-17(13)19-8-7-15(23)20-12-4-5-12/h3,6,9-10,12H,1-2,4-5,7-8H2,(H,20,23)(H,19,21,22). The molecule has 1 aromatic carbocycles. The van der Waals surface area contributed by atoms with Crippen molar-refractivity contribution in [2.24, 2.45) is 0 Å². The number of hydrogen-bond acceptors (Lipinski definition) is 4. The second kappa shape index (κ2) is 5.96. The molecule has 0 unspecified atom stereocenters. The molecule has 120 valence electrons. The summed E-state index contributed by atoms with van der Waals surface area (Å²) in [5, 5.41) is 7.91. The SMILES string of the molecule is O=C(CCNc1nc(C2CC2)nc2cc(Cl)ccc12)NC1CC1. The molecular formula is C17H19ClN4O. The lowest BCUT2D eigenvalue weighted by atomic mass is 10.2. The van der Waals surface area contributed by atoms with Crippen molar-refractivity contribution in [2.75, 3.05) is 11.9 Å². The van der Waals surface area contributed by atoms with Crippen LogP contribution in [0.4, 0.5) is 5.82 Å². The number of benzene rings is 1. The van der Waals surface area contributed by atoms with Crippen LogP contribution in [0.25, 0.3) is 10.9 Å². The molecule has 0 atom stereocenters. The molecule has 2 aliphatic rings. The van der Waals surface area contributed by atoms with Crippen LogP contribution in [0, 0.1) is 0 Å². The van der Waals surface area contributed by atoms with Crippen LogP contribution in [0.2, 0.25) is 5.02 Å². The Morgan fingerprint density at radius 3 is 2.78 bits per heavy atom. The van der Waals surface area contributed by atoms with Crippen molar-refractivity contribution in [3.8, 4) is 0 Å². The fourth-order valence-electron chi connectivity index (χ4n) is 2.60. The van der Waals surface area contributed by atoms with E-state index in [4.69, 9.17) is 11.6 Å². The van der Waals surface area contributed by atoms with E-state index >= 15 is 0 Å². The summed E-state index contributed by atoms with van der Waals surface area (Å²) < 4.78 is 0. The van der Waals surface area contributed by atoms with E-state index in [-0.39, 0.29) is 5.91 Å². The molecule has 1 amide bonds. The summed E-state index contributed by atoms with van der Waals surface area (Å²) in [4.78, 5) is 21.1. The molecule has 1 heterocycles. The predicted octanol–water partition coefficient (Wildman–Crippen LogP) is 3.24. The zero-order valence-electron chi connectivity index (χ0n) is 12.8. The lowest BCUT2D eigenvalue weighted by Crippen LogP contribution is -2.27. The van der Waals surface area contributed by atoms with Crippen LogP contribution in [-0.4, -0.2) is 28.5 Å². The van der Waals surface area contributed by atoms with Crippen molar-refractivity contribution in [3.63, 3.8) is 0 Å². The van der Waals surface area contributed by atoms with Crippen molar-refractivity contribution in [2.45, 2.75) is 44.1 Å². The largest absolute Gasteiger partial charge is 0.369 e. The van der Waals surface area contributed by atoms with Crippen LogP contribution in [0.5, 0.6) is 0 Å². The second-order valence-electron chi connectivity index (χ2n) is 6.38. The van der Waals surface area contributed by atoms with E-state index < -0.39 is 0 Å². The Labute approximate surface area is 139 Å². The minimum Gasteiger partial charge on any atom is -0.369 e. The number of anilines is 1. The first-order valence-corrected chi connectivity index (χ1v) is 8.57. The van der Waals surface area contributed by atoms with Gasteiger partial charge in [0.05, 0.1) is 5.52 Å². The highest BCUT2D eigenvalue weighted by molar-refractivity contribution is 6.31. The highest BCUT2D eigenvalue weighted by atomic mass is 35.5. The molecule has 0 bridgehead atoms. The number of fused-ring (bicyclic) bond motifs is 1. The van der Waals surface area contributed by atoms with Crippen molar-refractivity contribution in [1.29, 1.82) is 0 Å². The van der Waals surface area contributed by atoms with E-state index in [9.17, 15) is 4.79 Å². The molecule has 6 heteroatoms. The van der Waals surface area contributed by atoms with Gasteiger partial charge in [-0.2, -0.15) is 0 Å². The van der Waals surface area contributed by atoms with E-state index in [1.807, 2.05) is 18.2 Å². The number of nitrogens with one attached hydrogen (secondary N) is 2. The molecule has 1 aromatic heterocycles. The van der Waals surface area contributed by atoms with Crippen molar-refractivity contribution >= 4 is 34.2 Å². The average Bonchev–Trinajstić information content (AvgIpc) is 3.40. The monoisotopic (exact) mass is 330 g/mol. The minimum atomic E-state index is 0.101. The molecule has 5 nitrogen and oxygen atoms in total. The number of halogens is 1. The predicted molar refractivity (Wildman–Crippen MR) is 90.8 cm³/mol. The van der Waals surface area contributed by atoms with Crippen molar-refractivity contribution in [3.05, 3.63) is 29.0 Å². The van der Waals surface area contributed by atoms with E-state index in [2.05, 4.69) is 20.6 Å². The van der Waals surface area contributed by atoms with Crippen molar-refractivity contribution in [1.82, 2.24) is 15.3 Å². The number of amides is 1. The summed E-state index contributed by atoms with van der Waals surface area (Å²) in [6, 6.07) is 6.05. The van der Waals surface area contributed by atoms with E-state index in [0.717, 1.165) is 48.2 Å². The third kappa shape index (κ3) is 3.55. The van der Waals surface area contributed by atoms with Gasteiger partial charge in [-0.05, 0) is 43.9 Å². The topological polar surface area (TPSA) is 66.9 Å². The van der Waals surface area contributed by atoms with Gasteiger partial charge >= 0.3 is 0 Å².